The van der Waals surface area contributed by atoms with Gasteiger partial charge in [-0.3, -0.25) is 14.1 Å². The molecule has 0 aliphatic carbocycles. The predicted octanol–water partition coefficient (Wildman–Crippen LogP) is -2.02. The first kappa shape index (κ1) is 24.0. The number of hydrogen-bond acceptors (Lipinski definition) is 12. The number of aromatic nitrogens is 1. The maximum atomic E-state index is 12.7. The molecule has 0 spiro atoms. The number of oxime groups is 1. The van der Waals surface area contributed by atoms with E-state index in [1.165, 1.54) is 5.38 Å². The highest BCUT2D eigenvalue weighted by atomic mass is 32.2. The zero-order valence-electron chi connectivity index (χ0n) is 16.1. The van der Waals surface area contributed by atoms with Crippen LogP contribution in [0.1, 0.15) is 19.5 Å². The normalized spacial score (nSPS) is 19.4. The smallest absolute Gasteiger partial charge is 0.363 e. The van der Waals surface area contributed by atoms with E-state index in [1.807, 2.05) is 0 Å². The maximum Gasteiger partial charge on any atom is 0.363 e. The van der Waals surface area contributed by atoms with Gasteiger partial charge in [-0.15, -0.1) is 11.3 Å². The number of nitrogen functional groups attached to an aromatic ring is 1. The summed E-state index contributed by atoms with van der Waals surface area (Å²) in [7, 11) is -4.21. The second kappa shape index (κ2) is 8.44. The van der Waals surface area contributed by atoms with Crippen molar-refractivity contribution in [2.24, 2.45) is 5.16 Å². The van der Waals surface area contributed by atoms with Crippen molar-refractivity contribution in [1.82, 2.24) is 14.6 Å². The number of carbonyl (C=O) groups is 4. The highest BCUT2D eigenvalue weighted by Gasteiger charge is 2.58. The van der Waals surface area contributed by atoms with Gasteiger partial charge in [0, 0.05) is 5.38 Å². The lowest BCUT2D eigenvalue weighted by Crippen LogP contribution is -2.74. The summed E-state index contributed by atoms with van der Waals surface area (Å²) in [6.45, 7) is 2.30. The molecule has 1 aromatic heterocycles. The lowest BCUT2D eigenvalue weighted by atomic mass is 9.98. The van der Waals surface area contributed by atoms with Crippen LogP contribution in [0, 0.1) is 0 Å². The molecule has 2 rings (SSSR count). The number of nitrogens with one attached hydrogen (secondary N) is 1. The van der Waals surface area contributed by atoms with Crippen LogP contribution in [0.15, 0.2) is 10.5 Å². The molecular formula is C14H17N5O10S2. The van der Waals surface area contributed by atoms with Crippen LogP contribution in [0.3, 0.4) is 0 Å². The number of methoxy groups -OCH3 is 1. The summed E-state index contributed by atoms with van der Waals surface area (Å²) >= 11 is 0.914. The van der Waals surface area contributed by atoms with E-state index in [1.54, 1.807) is 0 Å². The van der Waals surface area contributed by atoms with Crippen molar-refractivity contribution in [3.05, 3.63) is 11.1 Å². The molecule has 17 heteroatoms. The van der Waals surface area contributed by atoms with Crippen molar-refractivity contribution in [2.75, 3.05) is 12.8 Å². The van der Waals surface area contributed by atoms with Crippen LogP contribution in [-0.2, 0) is 39.1 Å². The molecule has 1 aromatic rings. The van der Waals surface area contributed by atoms with Crippen LogP contribution < -0.4 is 11.1 Å². The molecule has 2 atom stereocenters. The second-order valence-electron chi connectivity index (χ2n) is 6.45. The molecule has 0 radical (unpaired) electrons. The van der Waals surface area contributed by atoms with Gasteiger partial charge in [0.1, 0.15) is 11.7 Å². The molecule has 0 saturated carbocycles. The number of thiazole rings is 1. The van der Waals surface area contributed by atoms with Gasteiger partial charge in [0.05, 0.1) is 7.11 Å². The first-order chi connectivity index (χ1) is 14.2. The molecule has 31 heavy (non-hydrogen) atoms. The molecule has 2 heterocycles. The number of amides is 2. The van der Waals surface area contributed by atoms with Gasteiger partial charge in [0.25, 0.3) is 11.8 Å². The van der Waals surface area contributed by atoms with Gasteiger partial charge >= 0.3 is 22.2 Å². The first-order valence-electron chi connectivity index (χ1n) is 8.11. The van der Waals surface area contributed by atoms with Gasteiger partial charge in [-0.1, -0.05) is 5.16 Å². The number of hydrogen-bond donors (Lipinski definition) is 4. The Morgan fingerprint density at radius 2 is 2.00 bits per heavy atom. The number of esters is 1. The molecule has 5 N–H and O–H groups in total. The van der Waals surface area contributed by atoms with Crippen molar-refractivity contribution in [3.8, 4) is 0 Å². The Hall–Kier alpha value is -3.31. The minimum atomic E-state index is -5.11. The molecule has 1 saturated heterocycles. The molecule has 0 unspecified atom stereocenters. The predicted molar refractivity (Wildman–Crippen MR) is 102 cm³/mol. The Kier molecular flexibility index (Phi) is 6.52. The third-order valence-electron chi connectivity index (χ3n) is 3.89. The molecule has 1 fully saturated rings. The Bertz CT molecular complexity index is 1060. The van der Waals surface area contributed by atoms with Gasteiger partial charge in [0.2, 0.25) is 5.60 Å². The fraction of sp³-hybridized carbons (Fsp3) is 0.429. The van der Waals surface area contributed by atoms with Gasteiger partial charge in [0.15, 0.2) is 16.9 Å². The van der Waals surface area contributed by atoms with Crippen molar-refractivity contribution in [3.63, 3.8) is 0 Å². The number of anilines is 1. The molecule has 170 valence electrons. The van der Waals surface area contributed by atoms with E-state index in [9.17, 15) is 27.6 Å². The van der Waals surface area contributed by atoms with Crippen LogP contribution in [0.5, 0.6) is 0 Å². The Morgan fingerprint density at radius 1 is 1.39 bits per heavy atom. The minimum absolute atomic E-state index is 0.0256. The number of aliphatic carboxylic acids is 1. The Labute approximate surface area is 178 Å². The van der Waals surface area contributed by atoms with Crippen molar-refractivity contribution < 1.29 is 46.8 Å². The fourth-order valence-electron chi connectivity index (χ4n) is 2.22. The summed E-state index contributed by atoms with van der Waals surface area (Å²) in [4.78, 5) is 56.6. The largest absolute Gasteiger partial charge is 0.478 e. The summed E-state index contributed by atoms with van der Waals surface area (Å²) in [5.41, 5.74) is 2.92. The monoisotopic (exact) mass is 479 g/mol. The molecule has 0 bridgehead atoms. The second-order valence-corrected chi connectivity index (χ2v) is 8.63. The zero-order chi connectivity index (χ0) is 23.7. The highest BCUT2D eigenvalue weighted by molar-refractivity contribution is 7.84. The topological polar surface area (TPSA) is 228 Å². The summed E-state index contributed by atoms with van der Waals surface area (Å²) < 4.78 is 36.0. The average molecular weight is 479 g/mol. The molecule has 0 aromatic carbocycles. The molecular weight excluding hydrogens is 462 g/mol. The number of ether oxygens (including phenoxy) is 1. The van der Waals surface area contributed by atoms with E-state index in [0.717, 1.165) is 32.3 Å². The number of carboxylic acids is 1. The Balaban J connectivity index is 2.36. The Morgan fingerprint density at radius 3 is 2.45 bits per heavy atom. The average Bonchev–Trinajstić information content (AvgIpc) is 3.07. The first-order valence-corrected chi connectivity index (χ1v) is 10.4. The van der Waals surface area contributed by atoms with E-state index in [2.05, 4.69) is 20.2 Å². The van der Waals surface area contributed by atoms with Crippen LogP contribution in [-0.4, -0.2) is 81.6 Å². The van der Waals surface area contributed by atoms with Crippen LogP contribution in [0.2, 0.25) is 0 Å². The SMILES string of the molecule is COC(=O)[C@H]1[C@H](NC(=O)C(=NOC(C)(C)C(=O)O)c2csc(N)n2)C(=O)N1S(=O)(=O)O. The molecule has 1 aliphatic heterocycles. The summed E-state index contributed by atoms with van der Waals surface area (Å²) in [5.74, 6) is -5.14. The number of rotatable bonds is 8. The number of carboxylic acid groups (broad SMARTS) is 1. The summed E-state index contributed by atoms with van der Waals surface area (Å²) in [6, 6.07) is -3.62. The standard InChI is InChI=1S/C14H17N5O10S2/c1-14(2,12(23)24)29-18-6(5-4-30-13(15)16-5)9(20)17-7-8(11(22)28-3)19(10(7)21)31(25,26)27/h4,7-8H,1-3H3,(H2,15,16)(H,17,20)(H,23,24)(H,25,26,27)/t7-,8+/m0/s1. The maximum absolute atomic E-state index is 12.7. The molecule has 2 amide bonds. The van der Waals surface area contributed by atoms with E-state index in [4.69, 9.17) is 20.2 Å². The fourth-order valence-corrected chi connectivity index (χ4v) is 3.61. The van der Waals surface area contributed by atoms with Gasteiger partial charge < -0.3 is 25.7 Å². The minimum Gasteiger partial charge on any atom is -0.478 e. The summed E-state index contributed by atoms with van der Waals surface area (Å²) in [6.07, 6.45) is 0. The highest BCUT2D eigenvalue weighted by Crippen LogP contribution is 2.25. The number of β-lactam (4-membered cyclic amide) rings is 1. The quantitative estimate of drug-likeness (QED) is 0.104. The third kappa shape index (κ3) is 4.89. The van der Waals surface area contributed by atoms with Crippen molar-refractivity contribution in [1.29, 1.82) is 0 Å². The summed E-state index contributed by atoms with van der Waals surface area (Å²) in [5, 5.41) is 16.0. The van der Waals surface area contributed by atoms with Crippen molar-refractivity contribution >= 4 is 56.2 Å². The van der Waals surface area contributed by atoms with Crippen LogP contribution >= 0.6 is 11.3 Å². The van der Waals surface area contributed by atoms with Crippen LogP contribution in [0.25, 0.3) is 0 Å². The lowest BCUT2D eigenvalue weighted by Gasteiger charge is -2.41. The van der Waals surface area contributed by atoms with E-state index in [-0.39, 0.29) is 15.1 Å². The van der Waals surface area contributed by atoms with E-state index < -0.39 is 57.5 Å². The van der Waals surface area contributed by atoms with Gasteiger partial charge in [-0.2, -0.15) is 12.7 Å². The van der Waals surface area contributed by atoms with Gasteiger partial charge in [-0.05, 0) is 13.8 Å². The number of carbonyl (C=O) groups excluding carboxylic acids is 3. The van der Waals surface area contributed by atoms with Crippen LogP contribution in [0.4, 0.5) is 5.13 Å². The zero-order valence-corrected chi connectivity index (χ0v) is 17.8. The lowest BCUT2D eigenvalue weighted by molar-refractivity contribution is -0.162. The number of nitrogens with two attached hydrogens (primary N) is 1. The number of nitrogens with zero attached hydrogens (tertiary/aromatic N) is 3. The van der Waals surface area contributed by atoms with Crippen molar-refractivity contribution in [2.45, 2.75) is 31.5 Å². The third-order valence-corrected chi connectivity index (χ3v) is 5.47. The van der Waals surface area contributed by atoms with Gasteiger partial charge in [-0.25, -0.2) is 14.6 Å². The molecule has 1 aliphatic rings. The van der Waals surface area contributed by atoms with E-state index >= 15 is 0 Å². The van der Waals surface area contributed by atoms with E-state index in [0.29, 0.717) is 0 Å². The molecule has 15 nitrogen and oxygen atoms in total.